The number of anilines is 2. The minimum absolute atomic E-state index is 0.225. The topological polar surface area (TPSA) is 105 Å². The zero-order valence-electron chi connectivity index (χ0n) is 21.5. The fraction of sp³-hybridized carbons (Fsp3) is 0.138. The van der Waals surface area contributed by atoms with Crippen LogP contribution < -0.4 is 10.6 Å². The molecule has 0 saturated carbocycles. The molecule has 2 amide bonds. The highest BCUT2D eigenvalue weighted by molar-refractivity contribution is 7.13. The fourth-order valence-corrected chi connectivity index (χ4v) is 5.50. The van der Waals surface area contributed by atoms with Crippen LogP contribution >= 0.6 is 11.3 Å². The number of imidazole rings is 1. The van der Waals surface area contributed by atoms with Crippen molar-refractivity contribution in [1.29, 1.82) is 0 Å². The van der Waals surface area contributed by atoms with Crippen LogP contribution in [0.3, 0.4) is 0 Å². The Balaban J connectivity index is 1.33. The fourth-order valence-electron chi connectivity index (χ4n) is 4.66. The quantitative estimate of drug-likeness (QED) is 0.273. The van der Waals surface area contributed by atoms with E-state index in [2.05, 4.69) is 39.1 Å². The van der Waals surface area contributed by atoms with Crippen molar-refractivity contribution in [3.63, 3.8) is 0 Å². The molecule has 40 heavy (non-hydrogen) atoms. The molecule has 4 aromatic heterocycles. The smallest absolute Gasteiger partial charge is 0.276 e. The Morgan fingerprint density at radius 1 is 1.10 bits per heavy atom. The zero-order chi connectivity index (χ0) is 27.8. The second kappa shape index (κ2) is 10.4. The highest BCUT2D eigenvalue weighted by Gasteiger charge is 2.25. The Morgan fingerprint density at radius 2 is 1.90 bits per heavy atom. The SMILES string of the molecule is C=CC(=O)Nc1cccn2c(-c3nc(C(=O)Nc4ccc(C5CN(C)C5)cn4)cs3)c(-c3ccc(F)cc3)nc12. The lowest BCUT2D eigenvalue weighted by Gasteiger charge is -2.36. The molecule has 200 valence electrons. The number of likely N-dealkylation sites (N-methyl/N-ethyl adjacent to an activating group) is 1. The summed E-state index contributed by atoms with van der Waals surface area (Å²) in [5.74, 6) is -0.226. The number of hydrogen-bond acceptors (Lipinski definition) is 7. The van der Waals surface area contributed by atoms with Crippen LogP contribution in [0.2, 0.25) is 0 Å². The van der Waals surface area contributed by atoms with Gasteiger partial charge in [0.25, 0.3) is 5.91 Å². The number of carbonyl (C=O) groups excluding carboxylic acids is 2. The Kier molecular flexibility index (Phi) is 6.66. The molecule has 1 aliphatic rings. The third kappa shape index (κ3) is 4.88. The third-order valence-corrected chi connectivity index (χ3v) is 7.56. The van der Waals surface area contributed by atoms with Gasteiger partial charge >= 0.3 is 0 Å². The summed E-state index contributed by atoms with van der Waals surface area (Å²) in [4.78, 5) is 41.1. The van der Waals surface area contributed by atoms with E-state index in [9.17, 15) is 14.0 Å². The van der Waals surface area contributed by atoms with Crippen LogP contribution in [0, 0.1) is 5.82 Å². The standard InChI is InChI=1S/C29H24FN7O2S/c1-3-24(38)32-21-5-4-12-37-26(25(35-27(21)37)17-6-9-20(30)10-7-17)29-33-22(16-40-29)28(39)34-23-11-8-18(13-31-23)19-14-36(2)15-19/h3-13,16,19H,1,14-15H2,2H3,(H,32,38)(H,31,34,39). The number of hydrogen-bond donors (Lipinski definition) is 2. The van der Waals surface area contributed by atoms with E-state index >= 15 is 0 Å². The molecular formula is C29H24FN7O2S. The molecule has 0 aliphatic carbocycles. The molecule has 5 heterocycles. The summed E-state index contributed by atoms with van der Waals surface area (Å²) in [6, 6.07) is 13.2. The van der Waals surface area contributed by atoms with E-state index in [4.69, 9.17) is 4.98 Å². The summed E-state index contributed by atoms with van der Waals surface area (Å²) in [6.07, 6.45) is 4.77. The van der Waals surface area contributed by atoms with E-state index in [0.717, 1.165) is 18.7 Å². The molecule has 0 radical (unpaired) electrons. The number of fused-ring (bicyclic) bond motifs is 1. The van der Waals surface area contributed by atoms with E-state index in [1.165, 1.54) is 29.5 Å². The van der Waals surface area contributed by atoms with Gasteiger partial charge in [0.1, 0.15) is 28.0 Å². The van der Waals surface area contributed by atoms with Crippen LogP contribution in [0.25, 0.3) is 27.6 Å². The van der Waals surface area contributed by atoms with Gasteiger partial charge in [0.05, 0.1) is 11.4 Å². The first-order valence-corrected chi connectivity index (χ1v) is 13.4. The molecule has 1 fully saturated rings. The van der Waals surface area contributed by atoms with Gasteiger partial charge in [0, 0.05) is 42.3 Å². The average Bonchev–Trinajstić information content (AvgIpc) is 3.58. The molecule has 1 saturated heterocycles. The van der Waals surface area contributed by atoms with Crippen molar-refractivity contribution < 1.29 is 14.0 Å². The lowest BCUT2D eigenvalue weighted by atomic mass is 9.93. The second-order valence-electron chi connectivity index (χ2n) is 9.51. The predicted molar refractivity (Wildman–Crippen MR) is 153 cm³/mol. The summed E-state index contributed by atoms with van der Waals surface area (Å²) in [7, 11) is 2.08. The number of halogens is 1. The highest BCUT2D eigenvalue weighted by atomic mass is 32.1. The van der Waals surface area contributed by atoms with Gasteiger partial charge in [-0.25, -0.2) is 19.3 Å². The number of amides is 2. The predicted octanol–water partition coefficient (Wildman–Crippen LogP) is 5.06. The Labute approximate surface area is 233 Å². The molecule has 2 N–H and O–H groups in total. The molecule has 1 aliphatic heterocycles. The summed E-state index contributed by atoms with van der Waals surface area (Å²) in [5, 5.41) is 7.78. The van der Waals surface area contributed by atoms with Crippen LogP contribution in [0.4, 0.5) is 15.9 Å². The maximum absolute atomic E-state index is 13.7. The lowest BCUT2D eigenvalue weighted by molar-refractivity contribution is -0.111. The van der Waals surface area contributed by atoms with Gasteiger partial charge in [-0.15, -0.1) is 11.3 Å². The summed E-state index contributed by atoms with van der Waals surface area (Å²) >= 11 is 1.28. The minimum atomic E-state index is -0.387. The molecule has 5 aromatic rings. The zero-order valence-corrected chi connectivity index (χ0v) is 22.3. The van der Waals surface area contributed by atoms with Crippen molar-refractivity contribution in [1.82, 2.24) is 24.3 Å². The number of thiazole rings is 1. The molecule has 11 heteroatoms. The van der Waals surface area contributed by atoms with Crippen LogP contribution in [0.1, 0.15) is 22.0 Å². The number of carbonyl (C=O) groups is 2. The highest BCUT2D eigenvalue weighted by Crippen LogP contribution is 2.36. The first-order valence-electron chi connectivity index (χ1n) is 12.5. The number of pyridine rings is 2. The maximum Gasteiger partial charge on any atom is 0.276 e. The molecule has 1 aromatic carbocycles. The number of rotatable bonds is 7. The summed E-state index contributed by atoms with van der Waals surface area (Å²) in [6.45, 7) is 5.51. The van der Waals surface area contributed by atoms with Crippen LogP contribution in [-0.4, -0.2) is 56.2 Å². The van der Waals surface area contributed by atoms with Gasteiger partial charge in [-0.05, 0) is 61.2 Å². The van der Waals surface area contributed by atoms with E-state index in [1.807, 2.05) is 6.07 Å². The average molecular weight is 554 g/mol. The molecule has 0 atom stereocenters. The second-order valence-corrected chi connectivity index (χ2v) is 10.4. The number of nitrogens with zero attached hydrogens (tertiary/aromatic N) is 5. The van der Waals surface area contributed by atoms with Crippen molar-refractivity contribution >= 4 is 40.3 Å². The van der Waals surface area contributed by atoms with Crippen molar-refractivity contribution in [2.45, 2.75) is 5.92 Å². The maximum atomic E-state index is 13.7. The van der Waals surface area contributed by atoms with E-state index in [-0.39, 0.29) is 23.3 Å². The van der Waals surface area contributed by atoms with Crippen LogP contribution in [0.5, 0.6) is 0 Å². The van der Waals surface area contributed by atoms with Crippen molar-refractivity contribution in [2.24, 2.45) is 0 Å². The van der Waals surface area contributed by atoms with Crippen LogP contribution in [0.15, 0.2) is 79.0 Å². The van der Waals surface area contributed by atoms with Gasteiger partial charge in [0.2, 0.25) is 5.91 Å². The molecule has 0 spiro atoms. The van der Waals surface area contributed by atoms with Crippen LogP contribution in [-0.2, 0) is 4.79 Å². The third-order valence-electron chi connectivity index (χ3n) is 6.71. The van der Waals surface area contributed by atoms with Gasteiger partial charge in [-0.3, -0.25) is 14.0 Å². The van der Waals surface area contributed by atoms with Gasteiger partial charge in [-0.2, -0.15) is 0 Å². The molecule has 0 unspecified atom stereocenters. The van der Waals surface area contributed by atoms with E-state index in [0.29, 0.717) is 45.0 Å². The molecule has 6 rings (SSSR count). The molecule has 0 bridgehead atoms. The van der Waals surface area contributed by atoms with Gasteiger partial charge in [0.15, 0.2) is 5.65 Å². The molecule has 9 nitrogen and oxygen atoms in total. The Hall–Kier alpha value is -4.74. The monoisotopic (exact) mass is 553 g/mol. The van der Waals surface area contributed by atoms with Gasteiger partial charge < -0.3 is 15.5 Å². The Morgan fingerprint density at radius 3 is 2.60 bits per heavy atom. The Bertz CT molecular complexity index is 1740. The number of aromatic nitrogens is 4. The van der Waals surface area contributed by atoms with E-state index in [1.54, 1.807) is 52.5 Å². The lowest BCUT2D eigenvalue weighted by Crippen LogP contribution is -2.41. The van der Waals surface area contributed by atoms with Crippen molar-refractivity contribution in [2.75, 3.05) is 30.8 Å². The largest absolute Gasteiger partial charge is 0.319 e. The first kappa shape index (κ1) is 25.5. The normalized spacial score (nSPS) is 13.7. The van der Waals surface area contributed by atoms with E-state index < -0.39 is 0 Å². The first-order chi connectivity index (χ1) is 19.4. The number of benzene rings is 1. The summed E-state index contributed by atoms with van der Waals surface area (Å²) in [5.41, 5.74) is 4.10. The number of likely N-dealkylation sites (tertiary alicyclic amines) is 1. The molecular weight excluding hydrogens is 529 g/mol. The minimum Gasteiger partial charge on any atom is -0.319 e. The number of nitrogens with one attached hydrogen (secondary N) is 2. The van der Waals surface area contributed by atoms with Crippen molar-refractivity contribution in [3.8, 4) is 22.0 Å². The van der Waals surface area contributed by atoms with Gasteiger partial charge in [-0.1, -0.05) is 12.6 Å². The summed E-state index contributed by atoms with van der Waals surface area (Å²) < 4.78 is 15.5. The van der Waals surface area contributed by atoms with Crippen molar-refractivity contribution in [3.05, 3.63) is 96.0 Å².